The van der Waals surface area contributed by atoms with Crippen molar-refractivity contribution in [3.63, 3.8) is 0 Å². The summed E-state index contributed by atoms with van der Waals surface area (Å²) in [7, 11) is 1.62. The monoisotopic (exact) mass is 287 g/mol. The molecule has 1 atom stereocenters. The summed E-state index contributed by atoms with van der Waals surface area (Å²) in [4.78, 5) is 16.7. The summed E-state index contributed by atoms with van der Waals surface area (Å²) < 4.78 is 5.18. The average Bonchev–Trinajstić information content (AvgIpc) is 2.45. The minimum atomic E-state index is -0.113. The van der Waals surface area contributed by atoms with Crippen molar-refractivity contribution < 1.29 is 9.53 Å². The number of amides is 1. The second-order valence-corrected chi connectivity index (χ2v) is 5.20. The zero-order chi connectivity index (χ0) is 15.4. The van der Waals surface area contributed by atoms with E-state index in [9.17, 15) is 4.79 Å². The summed E-state index contributed by atoms with van der Waals surface area (Å²) in [6.45, 7) is 4.32. The Morgan fingerprint density at radius 2 is 2.19 bits per heavy atom. The lowest BCUT2D eigenvalue weighted by molar-refractivity contribution is 0.0952. The summed E-state index contributed by atoms with van der Waals surface area (Å²) >= 11 is 0. The number of carbonyl (C=O) groups is 1. The number of carbonyl (C=O) groups excluding carboxylic acids is 1. The zero-order valence-electron chi connectivity index (χ0n) is 12.6. The van der Waals surface area contributed by atoms with E-state index < -0.39 is 0 Å². The SMILES string of the molecule is COc1ccc2cc(C(=O)NCCC(C)N)c(C)nc2c1. The van der Waals surface area contributed by atoms with Gasteiger partial charge in [-0.2, -0.15) is 0 Å². The van der Waals surface area contributed by atoms with E-state index in [1.807, 2.05) is 38.1 Å². The van der Waals surface area contributed by atoms with Gasteiger partial charge < -0.3 is 15.8 Å². The third-order valence-electron chi connectivity index (χ3n) is 3.35. The van der Waals surface area contributed by atoms with E-state index in [-0.39, 0.29) is 11.9 Å². The topological polar surface area (TPSA) is 77.2 Å². The van der Waals surface area contributed by atoms with Gasteiger partial charge in [-0.3, -0.25) is 9.78 Å². The predicted octanol–water partition coefficient (Wildman–Crippen LogP) is 2.02. The summed E-state index contributed by atoms with van der Waals surface area (Å²) in [5, 5.41) is 3.79. The van der Waals surface area contributed by atoms with Crippen molar-refractivity contribution >= 4 is 16.8 Å². The molecule has 2 aromatic rings. The van der Waals surface area contributed by atoms with Crippen LogP contribution in [0, 0.1) is 6.92 Å². The highest BCUT2D eigenvalue weighted by molar-refractivity contribution is 5.98. The van der Waals surface area contributed by atoms with Gasteiger partial charge in [0, 0.05) is 24.0 Å². The number of nitrogens with zero attached hydrogens (tertiary/aromatic N) is 1. The van der Waals surface area contributed by atoms with Crippen molar-refractivity contribution in [2.75, 3.05) is 13.7 Å². The number of fused-ring (bicyclic) bond motifs is 1. The van der Waals surface area contributed by atoms with Gasteiger partial charge in [0.05, 0.1) is 23.9 Å². The molecule has 0 saturated carbocycles. The number of aromatic nitrogens is 1. The Balaban J connectivity index is 2.24. The van der Waals surface area contributed by atoms with E-state index in [1.54, 1.807) is 7.11 Å². The zero-order valence-corrected chi connectivity index (χ0v) is 12.6. The van der Waals surface area contributed by atoms with E-state index in [0.29, 0.717) is 17.8 Å². The molecule has 0 fully saturated rings. The molecule has 0 saturated heterocycles. The first-order valence-corrected chi connectivity index (χ1v) is 7.00. The van der Waals surface area contributed by atoms with Crippen LogP contribution in [0.4, 0.5) is 0 Å². The number of methoxy groups -OCH3 is 1. The highest BCUT2D eigenvalue weighted by atomic mass is 16.5. The van der Waals surface area contributed by atoms with E-state index >= 15 is 0 Å². The van der Waals surface area contributed by atoms with Crippen molar-refractivity contribution in [1.29, 1.82) is 0 Å². The van der Waals surface area contributed by atoms with Crippen molar-refractivity contribution in [1.82, 2.24) is 10.3 Å². The van der Waals surface area contributed by atoms with Crippen molar-refractivity contribution in [2.45, 2.75) is 26.3 Å². The smallest absolute Gasteiger partial charge is 0.253 e. The number of rotatable bonds is 5. The van der Waals surface area contributed by atoms with Gasteiger partial charge in [0.1, 0.15) is 5.75 Å². The van der Waals surface area contributed by atoms with E-state index in [4.69, 9.17) is 10.5 Å². The first kappa shape index (κ1) is 15.3. The molecule has 1 amide bonds. The van der Waals surface area contributed by atoms with E-state index in [0.717, 1.165) is 23.1 Å². The molecule has 2 rings (SSSR count). The Bertz CT molecular complexity index is 653. The van der Waals surface area contributed by atoms with Crippen LogP contribution in [0.15, 0.2) is 24.3 Å². The number of hydrogen-bond acceptors (Lipinski definition) is 4. The molecule has 1 heterocycles. The number of nitrogens with one attached hydrogen (secondary N) is 1. The molecule has 112 valence electrons. The molecule has 5 heteroatoms. The van der Waals surface area contributed by atoms with Crippen LogP contribution >= 0.6 is 0 Å². The molecule has 0 aliphatic rings. The Morgan fingerprint density at radius 3 is 2.86 bits per heavy atom. The second-order valence-electron chi connectivity index (χ2n) is 5.20. The van der Waals surface area contributed by atoms with E-state index in [2.05, 4.69) is 10.3 Å². The summed E-state index contributed by atoms with van der Waals surface area (Å²) in [5.74, 6) is 0.641. The quantitative estimate of drug-likeness (QED) is 0.882. The van der Waals surface area contributed by atoms with Crippen molar-refractivity contribution in [2.24, 2.45) is 5.73 Å². The van der Waals surface area contributed by atoms with Crippen LogP contribution in [-0.2, 0) is 0 Å². The minimum Gasteiger partial charge on any atom is -0.497 e. The molecular weight excluding hydrogens is 266 g/mol. The van der Waals surface area contributed by atoms with Crippen LogP contribution in [0.5, 0.6) is 5.75 Å². The first-order chi connectivity index (χ1) is 10.0. The van der Waals surface area contributed by atoms with Gasteiger partial charge in [0.15, 0.2) is 0 Å². The first-order valence-electron chi connectivity index (χ1n) is 7.00. The van der Waals surface area contributed by atoms with Crippen LogP contribution in [0.25, 0.3) is 10.9 Å². The molecule has 0 aliphatic carbocycles. The van der Waals surface area contributed by atoms with Gasteiger partial charge in [-0.25, -0.2) is 0 Å². The third-order valence-corrected chi connectivity index (χ3v) is 3.35. The van der Waals surface area contributed by atoms with Gasteiger partial charge in [0.2, 0.25) is 0 Å². The third kappa shape index (κ3) is 3.70. The summed E-state index contributed by atoms with van der Waals surface area (Å²) in [6.07, 6.45) is 0.753. The van der Waals surface area contributed by atoms with Crippen LogP contribution in [0.1, 0.15) is 29.4 Å². The Labute approximate surface area is 124 Å². The van der Waals surface area contributed by atoms with Crippen LogP contribution in [0.3, 0.4) is 0 Å². The average molecular weight is 287 g/mol. The highest BCUT2D eigenvalue weighted by Crippen LogP contribution is 2.21. The normalized spacial score (nSPS) is 12.2. The maximum absolute atomic E-state index is 12.2. The number of ether oxygens (including phenoxy) is 1. The summed E-state index contributed by atoms with van der Waals surface area (Å²) in [6, 6.07) is 7.56. The van der Waals surface area contributed by atoms with Crippen LogP contribution in [0.2, 0.25) is 0 Å². The van der Waals surface area contributed by atoms with Crippen molar-refractivity contribution in [3.05, 3.63) is 35.5 Å². The maximum Gasteiger partial charge on any atom is 0.253 e. The number of nitrogens with two attached hydrogens (primary N) is 1. The molecule has 3 N–H and O–H groups in total. The fourth-order valence-electron chi connectivity index (χ4n) is 2.11. The summed E-state index contributed by atoms with van der Waals surface area (Å²) in [5.41, 5.74) is 7.79. The van der Waals surface area contributed by atoms with Crippen LogP contribution in [-0.4, -0.2) is 30.6 Å². The largest absolute Gasteiger partial charge is 0.497 e. The van der Waals surface area contributed by atoms with Gasteiger partial charge >= 0.3 is 0 Å². The Morgan fingerprint density at radius 1 is 1.43 bits per heavy atom. The molecule has 1 aromatic carbocycles. The second kappa shape index (κ2) is 6.54. The Hall–Kier alpha value is -2.14. The standard InChI is InChI=1S/C16H21N3O2/c1-10(17)6-7-18-16(20)14-8-12-4-5-13(21-3)9-15(12)19-11(14)2/h4-5,8-10H,6-7,17H2,1-3H3,(H,18,20). The van der Waals surface area contributed by atoms with Gasteiger partial charge in [-0.05, 0) is 38.5 Å². The van der Waals surface area contributed by atoms with Gasteiger partial charge in [-0.15, -0.1) is 0 Å². The molecule has 0 aliphatic heterocycles. The lowest BCUT2D eigenvalue weighted by atomic mass is 10.1. The maximum atomic E-state index is 12.2. The minimum absolute atomic E-state index is 0.0774. The molecule has 0 radical (unpaired) electrons. The fraction of sp³-hybridized carbons (Fsp3) is 0.375. The molecular formula is C16H21N3O2. The van der Waals surface area contributed by atoms with Gasteiger partial charge in [0.25, 0.3) is 5.91 Å². The van der Waals surface area contributed by atoms with Crippen LogP contribution < -0.4 is 15.8 Å². The Kier molecular flexibility index (Phi) is 4.75. The molecule has 0 spiro atoms. The molecule has 1 unspecified atom stereocenters. The number of benzene rings is 1. The lowest BCUT2D eigenvalue weighted by Gasteiger charge is -2.10. The number of aryl methyl sites for hydroxylation is 1. The molecule has 5 nitrogen and oxygen atoms in total. The number of pyridine rings is 1. The molecule has 1 aromatic heterocycles. The predicted molar refractivity (Wildman–Crippen MR) is 83.6 cm³/mol. The highest BCUT2D eigenvalue weighted by Gasteiger charge is 2.12. The molecule has 21 heavy (non-hydrogen) atoms. The fourth-order valence-corrected chi connectivity index (χ4v) is 2.11. The van der Waals surface area contributed by atoms with Crippen molar-refractivity contribution in [3.8, 4) is 5.75 Å². The lowest BCUT2D eigenvalue weighted by Crippen LogP contribution is -2.29. The number of hydrogen-bond donors (Lipinski definition) is 2. The van der Waals surface area contributed by atoms with E-state index in [1.165, 1.54) is 0 Å². The molecule has 0 bridgehead atoms. The van der Waals surface area contributed by atoms with Gasteiger partial charge in [-0.1, -0.05) is 0 Å².